The standard InChI is InChI=1S/C11H16ClNO2S/c1-9(8-16(2,14)15)13-7-10-4-3-5-11(12)6-10/h3-6,9,13H,7-8H2,1-2H3. The summed E-state index contributed by atoms with van der Waals surface area (Å²) in [6.45, 7) is 2.48. The zero-order chi connectivity index (χ0) is 12.2. The van der Waals surface area contributed by atoms with Crippen molar-refractivity contribution in [2.75, 3.05) is 12.0 Å². The van der Waals surface area contributed by atoms with E-state index >= 15 is 0 Å². The van der Waals surface area contributed by atoms with Crippen LogP contribution in [0.2, 0.25) is 5.02 Å². The zero-order valence-electron chi connectivity index (χ0n) is 9.40. The van der Waals surface area contributed by atoms with E-state index in [9.17, 15) is 8.42 Å². The van der Waals surface area contributed by atoms with Gasteiger partial charge >= 0.3 is 0 Å². The molecule has 1 unspecified atom stereocenters. The predicted molar refractivity (Wildman–Crippen MR) is 67.5 cm³/mol. The van der Waals surface area contributed by atoms with Gasteiger partial charge in [0, 0.05) is 23.9 Å². The summed E-state index contributed by atoms with van der Waals surface area (Å²) in [5.74, 6) is 0.146. The summed E-state index contributed by atoms with van der Waals surface area (Å²) < 4.78 is 22.1. The summed E-state index contributed by atoms with van der Waals surface area (Å²) in [7, 11) is -2.92. The summed E-state index contributed by atoms with van der Waals surface area (Å²) >= 11 is 5.84. The molecular weight excluding hydrogens is 246 g/mol. The molecule has 0 amide bonds. The van der Waals surface area contributed by atoms with Crippen LogP contribution in [0.25, 0.3) is 0 Å². The first-order valence-electron chi connectivity index (χ1n) is 5.02. The van der Waals surface area contributed by atoms with E-state index < -0.39 is 9.84 Å². The summed E-state index contributed by atoms with van der Waals surface area (Å²) in [5, 5.41) is 3.83. The number of hydrogen-bond acceptors (Lipinski definition) is 3. The topological polar surface area (TPSA) is 46.2 Å². The predicted octanol–water partition coefficient (Wildman–Crippen LogP) is 1.86. The van der Waals surface area contributed by atoms with Crippen molar-refractivity contribution in [2.45, 2.75) is 19.5 Å². The van der Waals surface area contributed by atoms with Crippen molar-refractivity contribution in [3.63, 3.8) is 0 Å². The highest BCUT2D eigenvalue weighted by Gasteiger charge is 2.09. The fourth-order valence-electron chi connectivity index (χ4n) is 1.45. The van der Waals surface area contributed by atoms with Crippen molar-refractivity contribution in [1.29, 1.82) is 0 Å². The van der Waals surface area contributed by atoms with Crippen molar-refractivity contribution in [2.24, 2.45) is 0 Å². The third-order valence-corrected chi connectivity index (χ3v) is 3.44. The maximum absolute atomic E-state index is 11.0. The molecule has 3 nitrogen and oxygen atoms in total. The molecule has 1 aromatic carbocycles. The molecule has 0 fully saturated rings. The van der Waals surface area contributed by atoms with Gasteiger partial charge < -0.3 is 5.32 Å². The second-order valence-electron chi connectivity index (χ2n) is 4.00. The molecule has 90 valence electrons. The lowest BCUT2D eigenvalue weighted by Crippen LogP contribution is -2.32. The van der Waals surface area contributed by atoms with Gasteiger partial charge in [0.25, 0.3) is 0 Å². The monoisotopic (exact) mass is 261 g/mol. The van der Waals surface area contributed by atoms with Gasteiger partial charge in [0.2, 0.25) is 0 Å². The smallest absolute Gasteiger partial charge is 0.148 e. The van der Waals surface area contributed by atoms with Crippen LogP contribution in [0.15, 0.2) is 24.3 Å². The van der Waals surface area contributed by atoms with Gasteiger partial charge in [0.05, 0.1) is 5.75 Å². The van der Waals surface area contributed by atoms with Gasteiger partial charge in [-0.05, 0) is 24.6 Å². The van der Waals surface area contributed by atoms with Gasteiger partial charge in [0.1, 0.15) is 9.84 Å². The third kappa shape index (κ3) is 5.49. The molecule has 0 aliphatic carbocycles. The molecule has 0 aliphatic heterocycles. The van der Waals surface area contributed by atoms with E-state index in [4.69, 9.17) is 11.6 Å². The van der Waals surface area contributed by atoms with Gasteiger partial charge in [-0.15, -0.1) is 0 Å². The van der Waals surface area contributed by atoms with Crippen LogP contribution in [-0.4, -0.2) is 26.5 Å². The van der Waals surface area contributed by atoms with E-state index in [1.165, 1.54) is 6.26 Å². The Hall–Kier alpha value is -0.580. The minimum Gasteiger partial charge on any atom is -0.309 e. The van der Waals surface area contributed by atoms with Crippen LogP contribution in [0.5, 0.6) is 0 Å². The maximum atomic E-state index is 11.0. The van der Waals surface area contributed by atoms with Crippen LogP contribution in [0, 0.1) is 0 Å². The first-order chi connectivity index (χ1) is 7.37. The number of benzene rings is 1. The first-order valence-corrected chi connectivity index (χ1v) is 7.46. The van der Waals surface area contributed by atoms with Gasteiger partial charge in [-0.2, -0.15) is 0 Å². The Balaban J connectivity index is 2.46. The summed E-state index contributed by atoms with van der Waals surface area (Å²) in [4.78, 5) is 0. The van der Waals surface area contributed by atoms with Gasteiger partial charge in [-0.1, -0.05) is 23.7 Å². The highest BCUT2D eigenvalue weighted by molar-refractivity contribution is 7.90. The highest BCUT2D eigenvalue weighted by atomic mass is 35.5. The molecule has 0 aromatic heterocycles. The molecule has 0 aliphatic rings. The molecule has 0 saturated carbocycles. The van der Waals surface area contributed by atoms with Crippen molar-refractivity contribution in [1.82, 2.24) is 5.32 Å². The average molecular weight is 262 g/mol. The molecule has 16 heavy (non-hydrogen) atoms. The molecule has 0 spiro atoms. The molecular formula is C11H16ClNO2S. The third-order valence-electron chi connectivity index (χ3n) is 2.10. The zero-order valence-corrected chi connectivity index (χ0v) is 11.0. The van der Waals surface area contributed by atoms with E-state index in [1.54, 1.807) is 0 Å². The van der Waals surface area contributed by atoms with Crippen molar-refractivity contribution in [3.8, 4) is 0 Å². The Morgan fingerprint density at radius 3 is 2.69 bits per heavy atom. The van der Waals surface area contributed by atoms with Crippen molar-refractivity contribution < 1.29 is 8.42 Å². The van der Waals surface area contributed by atoms with E-state index in [0.29, 0.717) is 11.6 Å². The summed E-state index contributed by atoms with van der Waals surface area (Å²) in [6.07, 6.45) is 1.24. The van der Waals surface area contributed by atoms with Crippen LogP contribution in [0.4, 0.5) is 0 Å². The van der Waals surface area contributed by atoms with E-state index in [2.05, 4.69) is 5.32 Å². The van der Waals surface area contributed by atoms with Crippen LogP contribution in [0.3, 0.4) is 0 Å². The molecule has 1 N–H and O–H groups in total. The summed E-state index contributed by atoms with van der Waals surface area (Å²) in [6, 6.07) is 7.44. The van der Waals surface area contributed by atoms with Gasteiger partial charge in [-0.3, -0.25) is 0 Å². The fraction of sp³-hybridized carbons (Fsp3) is 0.455. The highest BCUT2D eigenvalue weighted by Crippen LogP contribution is 2.10. The molecule has 1 atom stereocenters. The van der Waals surface area contributed by atoms with Gasteiger partial charge in [-0.25, -0.2) is 8.42 Å². The number of sulfone groups is 1. The molecule has 1 aromatic rings. The molecule has 0 heterocycles. The Bertz CT molecular complexity index is 445. The van der Waals surface area contributed by atoms with Crippen molar-refractivity contribution in [3.05, 3.63) is 34.9 Å². The normalized spacial score (nSPS) is 13.7. The lowest BCUT2D eigenvalue weighted by molar-refractivity contribution is 0.560. The van der Waals surface area contributed by atoms with Crippen LogP contribution < -0.4 is 5.32 Å². The number of hydrogen-bond donors (Lipinski definition) is 1. The Morgan fingerprint density at radius 2 is 2.12 bits per heavy atom. The van der Waals surface area contributed by atoms with E-state index in [-0.39, 0.29) is 11.8 Å². The Morgan fingerprint density at radius 1 is 1.44 bits per heavy atom. The number of halogens is 1. The Kier molecular flexibility index (Phi) is 4.77. The minimum absolute atomic E-state index is 0.0611. The quantitative estimate of drug-likeness (QED) is 0.880. The van der Waals surface area contributed by atoms with E-state index in [0.717, 1.165) is 5.56 Å². The second-order valence-corrected chi connectivity index (χ2v) is 6.63. The second kappa shape index (κ2) is 5.66. The van der Waals surface area contributed by atoms with Crippen LogP contribution in [-0.2, 0) is 16.4 Å². The average Bonchev–Trinajstić information content (AvgIpc) is 2.12. The summed E-state index contributed by atoms with van der Waals surface area (Å²) in [5.41, 5.74) is 1.05. The molecule has 1 rings (SSSR count). The number of rotatable bonds is 5. The lowest BCUT2D eigenvalue weighted by Gasteiger charge is -2.12. The SMILES string of the molecule is CC(CS(C)(=O)=O)NCc1cccc(Cl)c1. The molecule has 0 bridgehead atoms. The molecule has 5 heteroatoms. The largest absolute Gasteiger partial charge is 0.309 e. The van der Waals surface area contributed by atoms with Crippen molar-refractivity contribution >= 4 is 21.4 Å². The molecule has 0 saturated heterocycles. The Labute approximate surface area is 102 Å². The molecule has 0 radical (unpaired) electrons. The van der Waals surface area contributed by atoms with Crippen LogP contribution >= 0.6 is 11.6 Å². The first kappa shape index (κ1) is 13.5. The van der Waals surface area contributed by atoms with Crippen LogP contribution in [0.1, 0.15) is 12.5 Å². The van der Waals surface area contributed by atoms with E-state index in [1.807, 2.05) is 31.2 Å². The van der Waals surface area contributed by atoms with Gasteiger partial charge in [0.15, 0.2) is 0 Å². The number of nitrogens with one attached hydrogen (secondary N) is 1. The fourth-order valence-corrected chi connectivity index (χ4v) is 2.69. The lowest BCUT2D eigenvalue weighted by atomic mass is 10.2. The maximum Gasteiger partial charge on any atom is 0.148 e. The minimum atomic E-state index is -2.92.